The molecular formula is C25H44NO6. The van der Waals surface area contributed by atoms with E-state index in [1.807, 2.05) is 0 Å². The van der Waals surface area contributed by atoms with Crippen molar-refractivity contribution in [3.05, 3.63) is 0 Å². The summed E-state index contributed by atoms with van der Waals surface area (Å²) in [6.45, 7) is 0. The summed E-state index contributed by atoms with van der Waals surface area (Å²) in [4.78, 5) is 43.5. The second kappa shape index (κ2) is 22.3. The Morgan fingerprint density at radius 2 is 0.906 bits per heavy atom. The number of rotatable bonds is 24. The Bertz CT molecular complexity index is 509. The first-order chi connectivity index (χ1) is 15.5. The topological polar surface area (TPSA) is 121 Å². The summed E-state index contributed by atoms with van der Waals surface area (Å²) in [7, 11) is 0. The Hall–Kier alpha value is -1.92. The third-order valence-corrected chi connectivity index (χ3v) is 5.67. The molecule has 0 aromatic carbocycles. The van der Waals surface area contributed by atoms with E-state index in [0.29, 0.717) is 12.8 Å². The van der Waals surface area contributed by atoms with Crippen molar-refractivity contribution in [2.24, 2.45) is 0 Å². The molecule has 0 saturated carbocycles. The Morgan fingerprint density at radius 1 is 0.562 bits per heavy atom. The summed E-state index contributed by atoms with van der Waals surface area (Å²) < 4.78 is 0. The fourth-order valence-electron chi connectivity index (χ4n) is 3.73. The Morgan fingerprint density at radius 3 is 1.25 bits per heavy atom. The van der Waals surface area contributed by atoms with E-state index in [2.05, 4.69) is 5.32 Å². The maximum Gasteiger partial charge on any atom is 0.303 e. The lowest BCUT2D eigenvalue weighted by Crippen LogP contribution is -2.36. The van der Waals surface area contributed by atoms with E-state index in [4.69, 9.17) is 10.2 Å². The predicted molar refractivity (Wildman–Crippen MR) is 125 cm³/mol. The molecule has 1 atom stereocenters. The number of hydrogen-bond acceptors (Lipinski definition) is 4. The number of carbonyl (C=O) groups is 3. The lowest BCUT2D eigenvalue weighted by molar-refractivity contribution is -0.138. The Labute approximate surface area is 193 Å². The van der Waals surface area contributed by atoms with Crippen LogP contribution in [0, 0.1) is 0 Å². The highest BCUT2D eigenvalue weighted by Crippen LogP contribution is 2.14. The predicted octanol–water partition coefficient (Wildman–Crippen LogP) is 5.55. The first-order valence-corrected chi connectivity index (χ1v) is 12.6. The molecule has 0 aliphatic carbocycles. The zero-order chi connectivity index (χ0) is 23.9. The zero-order valence-corrected chi connectivity index (χ0v) is 19.7. The number of hydrogen-bond donors (Lipinski definition) is 3. The van der Waals surface area contributed by atoms with Gasteiger partial charge >= 0.3 is 11.9 Å². The Kier molecular flexibility index (Phi) is 20.9. The molecule has 0 spiro atoms. The normalized spacial score (nSPS) is 11.8. The molecule has 7 heteroatoms. The quantitative estimate of drug-likeness (QED) is 0.164. The third kappa shape index (κ3) is 22.8. The van der Waals surface area contributed by atoms with Crippen molar-refractivity contribution in [2.75, 3.05) is 0 Å². The molecule has 1 radical (unpaired) electrons. The number of aliphatic carboxylic acids is 2. The summed E-state index contributed by atoms with van der Waals surface area (Å²) in [6, 6.07) is -0.825. The number of carboxylic acids is 2. The molecule has 1 amide bonds. The van der Waals surface area contributed by atoms with Crippen LogP contribution in [0.25, 0.3) is 0 Å². The molecule has 185 valence electrons. The van der Waals surface area contributed by atoms with Crippen LogP contribution in [0.5, 0.6) is 0 Å². The highest BCUT2D eigenvalue weighted by molar-refractivity contribution is 5.80. The van der Waals surface area contributed by atoms with Crippen LogP contribution in [0.3, 0.4) is 0 Å². The second-order valence-corrected chi connectivity index (χ2v) is 8.72. The van der Waals surface area contributed by atoms with Gasteiger partial charge in [0, 0.05) is 19.3 Å². The van der Waals surface area contributed by atoms with E-state index >= 15 is 0 Å². The number of unbranched alkanes of at least 4 members (excludes halogenated alkanes) is 15. The van der Waals surface area contributed by atoms with E-state index in [0.717, 1.165) is 38.5 Å². The average molecular weight is 455 g/mol. The molecule has 32 heavy (non-hydrogen) atoms. The molecule has 7 nitrogen and oxygen atoms in total. The smallest absolute Gasteiger partial charge is 0.303 e. The van der Waals surface area contributed by atoms with Gasteiger partial charge in [0.2, 0.25) is 12.2 Å². The maximum atomic E-state index is 11.8. The van der Waals surface area contributed by atoms with Crippen LogP contribution < -0.4 is 5.32 Å². The van der Waals surface area contributed by atoms with Gasteiger partial charge in [0.1, 0.15) is 0 Å². The van der Waals surface area contributed by atoms with Gasteiger partial charge in [-0.05, 0) is 19.3 Å². The van der Waals surface area contributed by atoms with Gasteiger partial charge in [-0.25, -0.2) is 0 Å². The summed E-state index contributed by atoms with van der Waals surface area (Å²) in [5.74, 6) is -1.88. The molecule has 0 saturated heterocycles. The minimum absolute atomic E-state index is 0.0841. The number of carbonyl (C=O) groups excluding carboxylic acids is 2. The Balaban J connectivity index is 3.30. The summed E-state index contributed by atoms with van der Waals surface area (Å²) in [5.41, 5.74) is 0. The van der Waals surface area contributed by atoms with Crippen LogP contribution in [0.15, 0.2) is 0 Å². The highest BCUT2D eigenvalue weighted by Gasteiger charge is 2.13. The van der Waals surface area contributed by atoms with E-state index in [9.17, 15) is 19.2 Å². The van der Waals surface area contributed by atoms with Gasteiger partial charge in [0.15, 0.2) is 0 Å². The van der Waals surface area contributed by atoms with Crippen molar-refractivity contribution in [1.82, 2.24) is 5.32 Å². The van der Waals surface area contributed by atoms with Gasteiger partial charge in [-0.15, -0.1) is 0 Å². The van der Waals surface area contributed by atoms with Gasteiger partial charge in [-0.1, -0.05) is 89.9 Å². The summed E-state index contributed by atoms with van der Waals surface area (Å²) in [6.07, 6.45) is 20.8. The number of nitrogens with one attached hydrogen (secondary N) is 1. The van der Waals surface area contributed by atoms with E-state index in [-0.39, 0.29) is 18.7 Å². The van der Waals surface area contributed by atoms with E-state index in [1.165, 1.54) is 64.2 Å². The van der Waals surface area contributed by atoms with E-state index < -0.39 is 18.0 Å². The van der Waals surface area contributed by atoms with Crippen LogP contribution in [0.4, 0.5) is 0 Å². The molecule has 0 rings (SSSR count). The zero-order valence-electron chi connectivity index (χ0n) is 19.7. The van der Waals surface area contributed by atoms with Crippen molar-refractivity contribution in [2.45, 2.75) is 134 Å². The van der Waals surface area contributed by atoms with Crippen LogP contribution in [-0.2, 0) is 19.2 Å². The lowest BCUT2D eigenvalue weighted by Gasteiger charge is -2.10. The van der Waals surface area contributed by atoms with E-state index in [1.54, 1.807) is 6.29 Å². The molecular weight excluding hydrogens is 410 g/mol. The van der Waals surface area contributed by atoms with Crippen molar-refractivity contribution >= 4 is 24.1 Å². The van der Waals surface area contributed by atoms with Crippen molar-refractivity contribution in [1.29, 1.82) is 0 Å². The molecule has 0 fully saturated rings. The lowest BCUT2D eigenvalue weighted by atomic mass is 10.0. The molecule has 0 unspecified atom stereocenters. The SMILES string of the molecule is O=[C][C@H](CCC(=O)O)NC(=O)CCCCCCCCCCCCCCCCCCC(=O)O. The minimum atomic E-state index is -0.988. The average Bonchev–Trinajstić information content (AvgIpc) is 2.75. The number of amides is 1. The fraction of sp³-hybridized carbons (Fsp3) is 0.840. The minimum Gasteiger partial charge on any atom is -0.481 e. The van der Waals surface area contributed by atoms with Gasteiger partial charge in [0.25, 0.3) is 0 Å². The van der Waals surface area contributed by atoms with Gasteiger partial charge in [-0.3, -0.25) is 19.2 Å². The molecule has 0 aliphatic heterocycles. The molecule has 0 aliphatic rings. The third-order valence-electron chi connectivity index (χ3n) is 5.67. The van der Waals surface area contributed by atoms with Gasteiger partial charge in [-0.2, -0.15) is 0 Å². The largest absolute Gasteiger partial charge is 0.481 e. The monoisotopic (exact) mass is 454 g/mol. The number of carboxylic acid groups (broad SMARTS) is 2. The maximum absolute atomic E-state index is 11.8. The van der Waals surface area contributed by atoms with Crippen LogP contribution in [0.2, 0.25) is 0 Å². The second-order valence-electron chi connectivity index (χ2n) is 8.72. The molecule has 0 aromatic heterocycles. The summed E-state index contributed by atoms with van der Waals surface area (Å²) >= 11 is 0. The first kappa shape index (κ1) is 30.1. The van der Waals surface area contributed by atoms with Crippen molar-refractivity contribution in [3.63, 3.8) is 0 Å². The molecule has 3 N–H and O–H groups in total. The fourth-order valence-corrected chi connectivity index (χ4v) is 3.73. The van der Waals surface area contributed by atoms with Crippen molar-refractivity contribution < 1.29 is 29.4 Å². The summed E-state index contributed by atoms with van der Waals surface area (Å²) in [5, 5.41) is 19.7. The van der Waals surface area contributed by atoms with Gasteiger partial charge < -0.3 is 15.5 Å². The first-order valence-electron chi connectivity index (χ1n) is 12.6. The van der Waals surface area contributed by atoms with Crippen molar-refractivity contribution in [3.8, 4) is 0 Å². The van der Waals surface area contributed by atoms with Crippen LogP contribution >= 0.6 is 0 Å². The van der Waals surface area contributed by atoms with Crippen LogP contribution in [-0.4, -0.2) is 40.4 Å². The van der Waals surface area contributed by atoms with Crippen LogP contribution in [0.1, 0.15) is 128 Å². The van der Waals surface area contributed by atoms with Gasteiger partial charge in [0.05, 0.1) is 6.04 Å². The standard InChI is InChI=1S/C25H44NO6/c27-21-22(19-20-25(31)32)26-23(28)17-15-13-11-9-7-5-3-1-2-4-6-8-10-12-14-16-18-24(29)30/h22H,1-20H2,(H,26,28)(H,29,30)(H,31,32)/t22-/m0/s1. The highest BCUT2D eigenvalue weighted by atomic mass is 16.4. The molecule has 0 heterocycles. The molecule has 0 aromatic rings. The molecule has 0 bridgehead atoms.